The van der Waals surface area contributed by atoms with Crippen LogP contribution in [0.15, 0.2) is 24.4 Å². The first kappa shape index (κ1) is 12.1. The summed E-state index contributed by atoms with van der Waals surface area (Å²) in [6.07, 6.45) is 2.66. The van der Waals surface area contributed by atoms with Gasteiger partial charge in [-0.15, -0.1) is 5.10 Å². The molecule has 5 heteroatoms. The van der Waals surface area contributed by atoms with Crippen molar-refractivity contribution in [3.8, 4) is 0 Å². The predicted octanol–water partition coefficient (Wildman–Crippen LogP) is 1.79. The van der Waals surface area contributed by atoms with E-state index in [0.717, 1.165) is 28.3 Å². The maximum absolute atomic E-state index is 6.17. The minimum absolute atomic E-state index is 0.587. The van der Waals surface area contributed by atoms with E-state index >= 15 is 0 Å². The number of nitrogens with two attached hydrogens (primary N) is 1. The van der Waals surface area contributed by atoms with Gasteiger partial charge in [-0.2, -0.15) is 0 Å². The van der Waals surface area contributed by atoms with Gasteiger partial charge in [-0.05, 0) is 30.7 Å². The Morgan fingerprint density at radius 2 is 2.24 bits per heavy atom. The molecule has 0 spiro atoms. The van der Waals surface area contributed by atoms with Gasteiger partial charge in [-0.1, -0.05) is 28.9 Å². The van der Waals surface area contributed by atoms with Crippen molar-refractivity contribution in [2.24, 2.45) is 5.73 Å². The van der Waals surface area contributed by atoms with Crippen LogP contribution in [0.4, 0.5) is 0 Å². The van der Waals surface area contributed by atoms with E-state index in [1.54, 1.807) is 4.68 Å². The standard InChI is InChI=1S/C12H15ClN4/c1-9-2-3-10(12(13)6-9)7-17-8-11(4-5-14)15-16-17/h2-3,6,8H,4-5,7,14H2,1H3. The Morgan fingerprint density at radius 3 is 2.94 bits per heavy atom. The lowest BCUT2D eigenvalue weighted by Crippen LogP contribution is -2.03. The van der Waals surface area contributed by atoms with Gasteiger partial charge in [0.25, 0.3) is 0 Å². The van der Waals surface area contributed by atoms with Gasteiger partial charge < -0.3 is 5.73 Å². The molecule has 0 aliphatic heterocycles. The van der Waals surface area contributed by atoms with Gasteiger partial charge in [-0.25, -0.2) is 4.68 Å². The first-order valence-corrected chi connectivity index (χ1v) is 5.91. The largest absolute Gasteiger partial charge is 0.330 e. The summed E-state index contributed by atoms with van der Waals surface area (Å²) in [4.78, 5) is 0. The van der Waals surface area contributed by atoms with E-state index in [1.807, 2.05) is 31.3 Å². The fraction of sp³-hybridized carbons (Fsp3) is 0.333. The average Bonchev–Trinajstić information content (AvgIpc) is 2.71. The third-order valence-corrected chi connectivity index (χ3v) is 2.88. The zero-order valence-corrected chi connectivity index (χ0v) is 10.5. The summed E-state index contributed by atoms with van der Waals surface area (Å²) >= 11 is 6.17. The number of hydrogen-bond acceptors (Lipinski definition) is 3. The van der Waals surface area contributed by atoms with Gasteiger partial charge in [0, 0.05) is 17.6 Å². The molecular weight excluding hydrogens is 236 g/mol. The monoisotopic (exact) mass is 250 g/mol. The molecule has 1 aromatic carbocycles. The van der Waals surface area contributed by atoms with Gasteiger partial charge in [0.2, 0.25) is 0 Å². The van der Waals surface area contributed by atoms with Crippen LogP contribution >= 0.6 is 11.6 Å². The van der Waals surface area contributed by atoms with Crippen molar-refractivity contribution < 1.29 is 0 Å². The van der Waals surface area contributed by atoms with E-state index in [1.165, 1.54) is 0 Å². The minimum atomic E-state index is 0.587. The second-order valence-corrected chi connectivity index (χ2v) is 4.45. The van der Waals surface area contributed by atoms with Crippen LogP contribution in [0.1, 0.15) is 16.8 Å². The van der Waals surface area contributed by atoms with Crippen LogP contribution in [-0.4, -0.2) is 21.5 Å². The number of aromatic nitrogens is 3. The number of nitrogens with zero attached hydrogens (tertiary/aromatic N) is 3. The molecule has 2 aromatic rings. The first-order chi connectivity index (χ1) is 8.19. The fourth-order valence-electron chi connectivity index (χ4n) is 1.63. The maximum atomic E-state index is 6.17. The first-order valence-electron chi connectivity index (χ1n) is 5.53. The number of benzene rings is 1. The Bertz CT molecular complexity index is 507. The second-order valence-electron chi connectivity index (χ2n) is 4.04. The van der Waals surface area contributed by atoms with Crippen molar-refractivity contribution in [1.29, 1.82) is 0 Å². The highest BCUT2D eigenvalue weighted by Crippen LogP contribution is 2.18. The Balaban J connectivity index is 2.13. The van der Waals surface area contributed by atoms with E-state index in [-0.39, 0.29) is 0 Å². The van der Waals surface area contributed by atoms with E-state index in [4.69, 9.17) is 17.3 Å². The van der Waals surface area contributed by atoms with Gasteiger partial charge in [0.1, 0.15) is 0 Å². The maximum Gasteiger partial charge on any atom is 0.0839 e. The van der Waals surface area contributed by atoms with Gasteiger partial charge in [0.05, 0.1) is 12.2 Å². The Hall–Kier alpha value is -1.39. The number of halogens is 1. The highest BCUT2D eigenvalue weighted by Gasteiger charge is 2.04. The molecule has 0 bridgehead atoms. The van der Waals surface area contributed by atoms with Crippen LogP contribution in [0.25, 0.3) is 0 Å². The van der Waals surface area contributed by atoms with Crippen LogP contribution in [0.5, 0.6) is 0 Å². The smallest absolute Gasteiger partial charge is 0.0839 e. The third kappa shape index (κ3) is 3.05. The van der Waals surface area contributed by atoms with Crippen molar-refractivity contribution in [2.75, 3.05) is 6.54 Å². The lowest BCUT2D eigenvalue weighted by Gasteiger charge is -2.04. The molecule has 2 N–H and O–H groups in total. The summed E-state index contributed by atoms with van der Waals surface area (Å²) in [7, 11) is 0. The highest BCUT2D eigenvalue weighted by molar-refractivity contribution is 6.31. The Kier molecular flexibility index (Phi) is 3.76. The molecule has 0 aliphatic carbocycles. The molecule has 4 nitrogen and oxygen atoms in total. The quantitative estimate of drug-likeness (QED) is 0.900. The van der Waals surface area contributed by atoms with E-state index < -0.39 is 0 Å². The number of aryl methyl sites for hydroxylation is 1. The van der Waals surface area contributed by atoms with Crippen molar-refractivity contribution in [1.82, 2.24) is 15.0 Å². The molecule has 1 heterocycles. The van der Waals surface area contributed by atoms with E-state index in [9.17, 15) is 0 Å². The normalized spacial score (nSPS) is 10.8. The predicted molar refractivity (Wildman–Crippen MR) is 68.1 cm³/mol. The molecule has 0 saturated carbocycles. The van der Waals surface area contributed by atoms with Crippen molar-refractivity contribution >= 4 is 11.6 Å². The van der Waals surface area contributed by atoms with Gasteiger partial charge >= 0.3 is 0 Å². The molecule has 0 radical (unpaired) electrons. The molecule has 1 aromatic heterocycles. The second kappa shape index (κ2) is 5.29. The zero-order valence-electron chi connectivity index (χ0n) is 9.73. The van der Waals surface area contributed by atoms with Crippen LogP contribution < -0.4 is 5.73 Å². The van der Waals surface area contributed by atoms with E-state index in [0.29, 0.717) is 13.1 Å². The highest BCUT2D eigenvalue weighted by atomic mass is 35.5. The third-order valence-electron chi connectivity index (χ3n) is 2.53. The molecule has 0 amide bonds. The van der Waals surface area contributed by atoms with Crippen molar-refractivity contribution in [3.05, 3.63) is 46.2 Å². The minimum Gasteiger partial charge on any atom is -0.330 e. The molecule has 0 unspecified atom stereocenters. The topological polar surface area (TPSA) is 56.7 Å². The molecule has 90 valence electrons. The number of hydrogen-bond donors (Lipinski definition) is 1. The van der Waals surface area contributed by atoms with Gasteiger partial charge in [0.15, 0.2) is 0 Å². The summed E-state index contributed by atoms with van der Waals surface area (Å²) in [5.41, 5.74) is 8.57. The Morgan fingerprint density at radius 1 is 1.41 bits per heavy atom. The van der Waals surface area contributed by atoms with Crippen molar-refractivity contribution in [3.63, 3.8) is 0 Å². The summed E-state index contributed by atoms with van der Waals surface area (Å²) in [5.74, 6) is 0. The Labute approximate surface area is 105 Å². The summed E-state index contributed by atoms with van der Waals surface area (Å²) in [5, 5.41) is 8.85. The lowest BCUT2D eigenvalue weighted by atomic mass is 10.1. The summed E-state index contributed by atoms with van der Waals surface area (Å²) in [6.45, 7) is 3.24. The van der Waals surface area contributed by atoms with Crippen LogP contribution in [0.2, 0.25) is 5.02 Å². The lowest BCUT2D eigenvalue weighted by molar-refractivity contribution is 0.649. The molecular formula is C12H15ClN4. The van der Waals surface area contributed by atoms with Crippen LogP contribution in [0, 0.1) is 6.92 Å². The SMILES string of the molecule is Cc1ccc(Cn2cc(CCN)nn2)c(Cl)c1. The van der Waals surface area contributed by atoms with Gasteiger partial charge in [-0.3, -0.25) is 0 Å². The fourth-order valence-corrected chi connectivity index (χ4v) is 1.93. The summed E-state index contributed by atoms with van der Waals surface area (Å²) in [6, 6.07) is 6.01. The van der Waals surface area contributed by atoms with Crippen LogP contribution in [-0.2, 0) is 13.0 Å². The molecule has 0 aliphatic rings. The number of rotatable bonds is 4. The average molecular weight is 251 g/mol. The molecule has 17 heavy (non-hydrogen) atoms. The molecule has 0 fully saturated rings. The zero-order chi connectivity index (χ0) is 12.3. The van der Waals surface area contributed by atoms with E-state index in [2.05, 4.69) is 10.3 Å². The van der Waals surface area contributed by atoms with Crippen LogP contribution in [0.3, 0.4) is 0 Å². The van der Waals surface area contributed by atoms with Crippen molar-refractivity contribution in [2.45, 2.75) is 19.9 Å². The molecule has 0 atom stereocenters. The molecule has 0 saturated heterocycles. The summed E-state index contributed by atoms with van der Waals surface area (Å²) < 4.78 is 1.78. The molecule has 2 rings (SSSR count).